The number of methoxy groups -OCH3 is 1. The number of hydrogen-bond acceptors (Lipinski definition) is 5. The van der Waals surface area contributed by atoms with Crippen LogP contribution in [0.2, 0.25) is 0 Å². The SMILES string of the molecule is COc1ccccc1CCNc1ccnc(Nc2ccc(C)cc2C)n1. The van der Waals surface area contributed by atoms with Crippen molar-refractivity contribution in [2.45, 2.75) is 20.3 Å². The maximum absolute atomic E-state index is 5.39. The first-order chi connectivity index (χ1) is 12.7. The second-order valence-electron chi connectivity index (χ2n) is 6.20. The summed E-state index contributed by atoms with van der Waals surface area (Å²) in [6.45, 7) is 4.92. The first-order valence-electron chi connectivity index (χ1n) is 8.69. The number of aryl methyl sites for hydroxylation is 2. The monoisotopic (exact) mass is 348 g/mol. The van der Waals surface area contributed by atoms with Crippen LogP contribution in [-0.2, 0) is 6.42 Å². The average Bonchev–Trinajstić information content (AvgIpc) is 2.65. The van der Waals surface area contributed by atoms with E-state index in [0.717, 1.165) is 30.2 Å². The van der Waals surface area contributed by atoms with E-state index in [1.165, 1.54) is 16.7 Å². The van der Waals surface area contributed by atoms with Crippen LogP contribution in [0.5, 0.6) is 5.75 Å². The number of rotatable bonds is 7. The van der Waals surface area contributed by atoms with Gasteiger partial charge in [0.1, 0.15) is 11.6 Å². The van der Waals surface area contributed by atoms with Crippen LogP contribution in [-0.4, -0.2) is 23.6 Å². The number of para-hydroxylation sites is 1. The third-order valence-corrected chi connectivity index (χ3v) is 4.18. The summed E-state index contributed by atoms with van der Waals surface area (Å²) in [6, 6.07) is 16.2. The molecular weight excluding hydrogens is 324 g/mol. The van der Waals surface area contributed by atoms with Gasteiger partial charge in [0.25, 0.3) is 0 Å². The minimum atomic E-state index is 0.583. The van der Waals surface area contributed by atoms with E-state index < -0.39 is 0 Å². The van der Waals surface area contributed by atoms with Gasteiger partial charge in [-0.3, -0.25) is 0 Å². The van der Waals surface area contributed by atoms with E-state index in [9.17, 15) is 0 Å². The van der Waals surface area contributed by atoms with Gasteiger partial charge in [-0.15, -0.1) is 0 Å². The molecule has 0 aliphatic heterocycles. The molecule has 0 amide bonds. The summed E-state index contributed by atoms with van der Waals surface area (Å²) in [5, 5.41) is 6.63. The predicted octanol–water partition coefficient (Wildman–Crippen LogP) is 4.50. The van der Waals surface area contributed by atoms with E-state index in [4.69, 9.17) is 4.74 Å². The van der Waals surface area contributed by atoms with Crippen LogP contribution in [0.25, 0.3) is 0 Å². The van der Waals surface area contributed by atoms with E-state index in [0.29, 0.717) is 5.95 Å². The van der Waals surface area contributed by atoms with Crippen molar-refractivity contribution in [3.05, 3.63) is 71.4 Å². The fourth-order valence-electron chi connectivity index (χ4n) is 2.83. The van der Waals surface area contributed by atoms with Gasteiger partial charge in [0.2, 0.25) is 5.95 Å². The topological polar surface area (TPSA) is 59.1 Å². The number of ether oxygens (including phenoxy) is 1. The fourth-order valence-corrected chi connectivity index (χ4v) is 2.83. The van der Waals surface area contributed by atoms with Gasteiger partial charge < -0.3 is 15.4 Å². The molecule has 0 saturated heterocycles. The largest absolute Gasteiger partial charge is 0.496 e. The zero-order valence-corrected chi connectivity index (χ0v) is 15.4. The summed E-state index contributed by atoms with van der Waals surface area (Å²) in [7, 11) is 1.70. The lowest BCUT2D eigenvalue weighted by atomic mass is 10.1. The molecular formula is C21H24N4O. The number of aromatic nitrogens is 2. The van der Waals surface area contributed by atoms with Gasteiger partial charge in [0.05, 0.1) is 7.11 Å². The van der Waals surface area contributed by atoms with Gasteiger partial charge in [0, 0.05) is 18.4 Å². The molecule has 0 atom stereocenters. The first kappa shape index (κ1) is 17.7. The summed E-state index contributed by atoms with van der Waals surface area (Å²) >= 11 is 0. The lowest BCUT2D eigenvalue weighted by Gasteiger charge is -2.11. The Kier molecular flexibility index (Phi) is 5.69. The Morgan fingerprint density at radius 3 is 2.69 bits per heavy atom. The Morgan fingerprint density at radius 1 is 1.04 bits per heavy atom. The lowest BCUT2D eigenvalue weighted by Crippen LogP contribution is -2.08. The number of nitrogens with zero attached hydrogens (tertiary/aromatic N) is 2. The molecule has 26 heavy (non-hydrogen) atoms. The van der Waals surface area contributed by atoms with Gasteiger partial charge >= 0.3 is 0 Å². The third kappa shape index (κ3) is 4.51. The van der Waals surface area contributed by atoms with Crippen molar-refractivity contribution < 1.29 is 4.74 Å². The molecule has 1 aromatic heterocycles. The molecule has 0 saturated carbocycles. The Bertz CT molecular complexity index is 879. The highest BCUT2D eigenvalue weighted by molar-refractivity contribution is 5.59. The summed E-state index contributed by atoms with van der Waals surface area (Å²) in [4.78, 5) is 8.85. The molecule has 1 heterocycles. The van der Waals surface area contributed by atoms with Gasteiger partial charge in [-0.1, -0.05) is 35.9 Å². The van der Waals surface area contributed by atoms with Crippen molar-refractivity contribution in [3.8, 4) is 5.75 Å². The number of benzene rings is 2. The van der Waals surface area contributed by atoms with E-state index in [2.05, 4.69) is 58.7 Å². The molecule has 0 fully saturated rings. The van der Waals surface area contributed by atoms with Crippen LogP contribution >= 0.6 is 0 Å². The number of anilines is 3. The van der Waals surface area contributed by atoms with E-state index in [1.54, 1.807) is 13.3 Å². The Hall–Kier alpha value is -3.08. The zero-order chi connectivity index (χ0) is 18.4. The van der Waals surface area contributed by atoms with Gasteiger partial charge in [0.15, 0.2) is 0 Å². The lowest BCUT2D eigenvalue weighted by molar-refractivity contribution is 0.410. The zero-order valence-electron chi connectivity index (χ0n) is 15.4. The minimum Gasteiger partial charge on any atom is -0.496 e. The van der Waals surface area contributed by atoms with Crippen molar-refractivity contribution in [3.63, 3.8) is 0 Å². The van der Waals surface area contributed by atoms with Crippen LogP contribution in [0.4, 0.5) is 17.5 Å². The van der Waals surface area contributed by atoms with Gasteiger partial charge in [-0.2, -0.15) is 4.98 Å². The Balaban J connectivity index is 1.62. The van der Waals surface area contributed by atoms with Gasteiger partial charge in [-0.25, -0.2) is 4.98 Å². The normalized spacial score (nSPS) is 10.4. The molecule has 0 radical (unpaired) electrons. The quantitative estimate of drug-likeness (QED) is 0.658. The Labute approximate surface area is 154 Å². The van der Waals surface area contributed by atoms with Crippen LogP contribution in [0.15, 0.2) is 54.7 Å². The number of hydrogen-bond donors (Lipinski definition) is 2. The maximum atomic E-state index is 5.39. The smallest absolute Gasteiger partial charge is 0.229 e. The first-order valence-corrected chi connectivity index (χ1v) is 8.69. The minimum absolute atomic E-state index is 0.583. The molecule has 0 bridgehead atoms. The van der Waals surface area contributed by atoms with E-state index >= 15 is 0 Å². The highest BCUT2D eigenvalue weighted by Gasteiger charge is 2.04. The van der Waals surface area contributed by atoms with Crippen molar-refractivity contribution >= 4 is 17.5 Å². The molecule has 2 N–H and O–H groups in total. The molecule has 3 aromatic rings. The Morgan fingerprint density at radius 2 is 1.88 bits per heavy atom. The maximum Gasteiger partial charge on any atom is 0.229 e. The summed E-state index contributed by atoms with van der Waals surface area (Å²) < 4.78 is 5.39. The van der Waals surface area contributed by atoms with Crippen molar-refractivity contribution in [1.29, 1.82) is 0 Å². The number of nitrogens with one attached hydrogen (secondary N) is 2. The molecule has 0 spiro atoms. The second kappa shape index (κ2) is 8.34. The summed E-state index contributed by atoms with van der Waals surface area (Å²) in [6.07, 6.45) is 2.61. The van der Waals surface area contributed by atoms with Crippen molar-refractivity contribution in [2.24, 2.45) is 0 Å². The van der Waals surface area contributed by atoms with Gasteiger partial charge in [-0.05, 0) is 49.6 Å². The van der Waals surface area contributed by atoms with Crippen LogP contribution in [0.1, 0.15) is 16.7 Å². The molecule has 0 unspecified atom stereocenters. The van der Waals surface area contributed by atoms with E-state index in [1.807, 2.05) is 24.3 Å². The molecule has 3 rings (SSSR count). The fraction of sp³-hybridized carbons (Fsp3) is 0.238. The molecule has 2 aromatic carbocycles. The summed E-state index contributed by atoms with van der Waals surface area (Å²) in [5.41, 5.74) is 4.59. The van der Waals surface area contributed by atoms with E-state index in [-0.39, 0.29) is 0 Å². The third-order valence-electron chi connectivity index (χ3n) is 4.18. The molecule has 0 aliphatic rings. The van der Waals surface area contributed by atoms with Crippen molar-refractivity contribution in [1.82, 2.24) is 9.97 Å². The molecule has 5 heteroatoms. The standard InChI is InChI=1S/C21H24N4O/c1-15-8-9-18(16(2)14-15)24-21-23-13-11-20(25-21)22-12-10-17-6-4-5-7-19(17)26-3/h4-9,11,13-14H,10,12H2,1-3H3,(H2,22,23,24,25). The summed E-state index contributed by atoms with van der Waals surface area (Å²) in [5.74, 6) is 2.29. The van der Waals surface area contributed by atoms with Crippen molar-refractivity contribution in [2.75, 3.05) is 24.3 Å². The molecule has 0 aliphatic carbocycles. The highest BCUT2D eigenvalue weighted by Crippen LogP contribution is 2.20. The second-order valence-corrected chi connectivity index (χ2v) is 6.20. The molecule has 5 nitrogen and oxygen atoms in total. The average molecular weight is 348 g/mol. The van der Waals surface area contributed by atoms with Crippen LogP contribution < -0.4 is 15.4 Å². The molecule has 134 valence electrons. The van der Waals surface area contributed by atoms with Crippen LogP contribution in [0.3, 0.4) is 0 Å². The van der Waals surface area contributed by atoms with Crippen LogP contribution in [0, 0.1) is 13.8 Å². The predicted molar refractivity (Wildman–Crippen MR) is 106 cm³/mol. The highest BCUT2D eigenvalue weighted by atomic mass is 16.5.